The van der Waals surface area contributed by atoms with Crippen LogP contribution in [-0.4, -0.2) is 17.8 Å². The molecule has 18 heavy (non-hydrogen) atoms. The van der Waals surface area contributed by atoms with E-state index in [1.807, 2.05) is 13.8 Å². The van der Waals surface area contributed by atoms with Crippen LogP contribution in [0.3, 0.4) is 0 Å². The fourth-order valence-corrected chi connectivity index (χ4v) is 2.08. The molecule has 0 amide bonds. The number of hydrogen-bond donors (Lipinski definition) is 2. The predicted octanol–water partition coefficient (Wildman–Crippen LogP) is 3.02. The monoisotopic (exact) mass is 257 g/mol. The van der Waals surface area contributed by atoms with Gasteiger partial charge in [-0.25, -0.2) is 8.78 Å². The zero-order chi connectivity index (χ0) is 13.7. The normalized spacial score (nSPS) is 14.8. The minimum Gasteiger partial charge on any atom is -0.396 e. The molecule has 102 valence electrons. The summed E-state index contributed by atoms with van der Waals surface area (Å²) in [6, 6.07) is 3.48. The van der Waals surface area contributed by atoms with Crippen molar-refractivity contribution >= 4 is 0 Å². The van der Waals surface area contributed by atoms with E-state index in [2.05, 4.69) is 5.32 Å². The summed E-state index contributed by atoms with van der Waals surface area (Å²) >= 11 is 0. The highest BCUT2D eigenvalue weighted by atomic mass is 19.1. The zero-order valence-corrected chi connectivity index (χ0v) is 11.1. The number of hydrogen-bond acceptors (Lipinski definition) is 2. The molecule has 0 radical (unpaired) electrons. The van der Waals surface area contributed by atoms with Crippen molar-refractivity contribution in [2.45, 2.75) is 39.3 Å². The summed E-state index contributed by atoms with van der Waals surface area (Å²) in [6.45, 7) is 5.81. The highest BCUT2D eigenvalue weighted by Crippen LogP contribution is 2.22. The molecule has 0 heterocycles. The Labute approximate surface area is 107 Å². The molecular weight excluding hydrogens is 236 g/mol. The predicted molar refractivity (Wildman–Crippen MR) is 68.2 cm³/mol. The Kier molecular flexibility index (Phi) is 5.69. The molecule has 0 saturated heterocycles. The van der Waals surface area contributed by atoms with Gasteiger partial charge in [0.1, 0.15) is 11.6 Å². The number of aliphatic hydroxyl groups is 1. The minimum atomic E-state index is -0.540. The van der Waals surface area contributed by atoms with Crippen LogP contribution in [0.25, 0.3) is 0 Å². The van der Waals surface area contributed by atoms with Gasteiger partial charge in [-0.3, -0.25) is 0 Å². The Morgan fingerprint density at radius 2 is 1.72 bits per heavy atom. The van der Waals surface area contributed by atoms with Crippen LogP contribution >= 0.6 is 0 Å². The first-order valence-corrected chi connectivity index (χ1v) is 6.28. The molecule has 0 bridgehead atoms. The molecule has 2 unspecified atom stereocenters. The van der Waals surface area contributed by atoms with Gasteiger partial charge in [0.15, 0.2) is 0 Å². The molecule has 0 fully saturated rings. The van der Waals surface area contributed by atoms with Crippen LogP contribution in [0.4, 0.5) is 8.78 Å². The minimum absolute atomic E-state index is 0.0315. The molecule has 0 aliphatic carbocycles. The summed E-state index contributed by atoms with van der Waals surface area (Å²) < 4.78 is 27.2. The van der Waals surface area contributed by atoms with E-state index in [-0.39, 0.29) is 24.1 Å². The van der Waals surface area contributed by atoms with Gasteiger partial charge >= 0.3 is 0 Å². The van der Waals surface area contributed by atoms with Crippen LogP contribution in [0.1, 0.15) is 38.8 Å². The second-order valence-electron chi connectivity index (χ2n) is 4.89. The van der Waals surface area contributed by atoms with E-state index in [0.29, 0.717) is 6.42 Å². The van der Waals surface area contributed by atoms with E-state index < -0.39 is 17.7 Å². The van der Waals surface area contributed by atoms with Gasteiger partial charge in [-0.1, -0.05) is 19.9 Å². The lowest BCUT2D eigenvalue weighted by atomic mass is 9.98. The van der Waals surface area contributed by atoms with Gasteiger partial charge < -0.3 is 10.4 Å². The summed E-state index contributed by atoms with van der Waals surface area (Å²) in [5, 5.41) is 12.2. The van der Waals surface area contributed by atoms with Gasteiger partial charge in [0, 0.05) is 24.3 Å². The number of nitrogens with one attached hydrogen (secondary N) is 1. The smallest absolute Gasteiger partial charge is 0.130 e. The molecule has 2 atom stereocenters. The summed E-state index contributed by atoms with van der Waals surface area (Å²) in [7, 11) is 0. The summed E-state index contributed by atoms with van der Waals surface area (Å²) in [6.07, 6.45) is 0.568. The standard InChI is InChI=1S/C14H21F2NO/c1-9(2)13(7-8-18)17-10(3)14-11(15)5-4-6-12(14)16/h4-6,9-10,13,17-18H,7-8H2,1-3H3. The molecule has 4 heteroatoms. The van der Waals surface area contributed by atoms with Gasteiger partial charge in [-0.15, -0.1) is 0 Å². The van der Waals surface area contributed by atoms with Crippen LogP contribution in [0.15, 0.2) is 18.2 Å². The Bertz CT molecular complexity index is 362. The molecule has 0 aliphatic heterocycles. The van der Waals surface area contributed by atoms with E-state index in [9.17, 15) is 8.78 Å². The summed E-state index contributed by atoms with van der Waals surface area (Å²) in [5.74, 6) is -0.794. The molecular formula is C14H21F2NO. The number of benzene rings is 1. The van der Waals surface area contributed by atoms with Crippen LogP contribution in [0.2, 0.25) is 0 Å². The molecule has 0 spiro atoms. The third kappa shape index (κ3) is 3.75. The fourth-order valence-electron chi connectivity index (χ4n) is 2.08. The largest absolute Gasteiger partial charge is 0.396 e. The van der Waals surface area contributed by atoms with E-state index in [4.69, 9.17) is 5.11 Å². The van der Waals surface area contributed by atoms with Crippen molar-refractivity contribution in [3.63, 3.8) is 0 Å². The van der Waals surface area contributed by atoms with Crippen molar-refractivity contribution in [2.24, 2.45) is 5.92 Å². The average Bonchev–Trinajstić information content (AvgIpc) is 2.28. The molecule has 0 aliphatic rings. The highest BCUT2D eigenvalue weighted by molar-refractivity contribution is 5.22. The van der Waals surface area contributed by atoms with Crippen molar-refractivity contribution < 1.29 is 13.9 Å². The summed E-state index contributed by atoms with van der Waals surface area (Å²) in [5.41, 5.74) is 0.0566. The maximum Gasteiger partial charge on any atom is 0.130 e. The summed E-state index contributed by atoms with van der Waals surface area (Å²) in [4.78, 5) is 0. The van der Waals surface area contributed by atoms with Crippen LogP contribution < -0.4 is 5.32 Å². The molecule has 2 N–H and O–H groups in total. The Morgan fingerprint density at radius 1 is 1.17 bits per heavy atom. The lowest BCUT2D eigenvalue weighted by Crippen LogP contribution is -2.37. The molecule has 0 aromatic heterocycles. The quantitative estimate of drug-likeness (QED) is 0.821. The van der Waals surface area contributed by atoms with E-state index in [1.54, 1.807) is 6.92 Å². The van der Waals surface area contributed by atoms with Gasteiger partial charge in [0.2, 0.25) is 0 Å². The van der Waals surface area contributed by atoms with Gasteiger partial charge in [-0.2, -0.15) is 0 Å². The lowest BCUT2D eigenvalue weighted by molar-refractivity contribution is 0.235. The van der Waals surface area contributed by atoms with E-state index >= 15 is 0 Å². The van der Waals surface area contributed by atoms with Crippen LogP contribution in [-0.2, 0) is 0 Å². The maximum absolute atomic E-state index is 13.6. The molecule has 2 nitrogen and oxygen atoms in total. The lowest BCUT2D eigenvalue weighted by Gasteiger charge is -2.26. The molecule has 1 aromatic rings. The Morgan fingerprint density at radius 3 is 2.17 bits per heavy atom. The SMILES string of the molecule is CC(NC(CCO)C(C)C)c1c(F)cccc1F. The van der Waals surface area contributed by atoms with Crippen molar-refractivity contribution in [1.82, 2.24) is 5.32 Å². The number of rotatable bonds is 6. The van der Waals surface area contributed by atoms with Gasteiger partial charge in [0.05, 0.1) is 0 Å². The Balaban J connectivity index is 2.83. The third-order valence-corrected chi connectivity index (χ3v) is 3.14. The maximum atomic E-state index is 13.6. The van der Waals surface area contributed by atoms with Gasteiger partial charge in [0.25, 0.3) is 0 Å². The first-order valence-electron chi connectivity index (χ1n) is 6.28. The van der Waals surface area contributed by atoms with E-state index in [0.717, 1.165) is 0 Å². The van der Waals surface area contributed by atoms with Crippen LogP contribution in [0, 0.1) is 17.6 Å². The number of halogens is 2. The topological polar surface area (TPSA) is 32.3 Å². The highest BCUT2D eigenvalue weighted by Gasteiger charge is 2.20. The molecule has 1 rings (SSSR count). The molecule has 0 saturated carbocycles. The first kappa shape index (κ1) is 15.1. The average molecular weight is 257 g/mol. The molecule has 1 aromatic carbocycles. The van der Waals surface area contributed by atoms with E-state index in [1.165, 1.54) is 18.2 Å². The zero-order valence-electron chi connectivity index (χ0n) is 11.1. The second-order valence-corrected chi connectivity index (χ2v) is 4.89. The number of aliphatic hydroxyl groups excluding tert-OH is 1. The van der Waals surface area contributed by atoms with Crippen molar-refractivity contribution in [1.29, 1.82) is 0 Å². The van der Waals surface area contributed by atoms with Gasteiger partial charge in [-0.05, 0) is 31.4 Å². The third-order valence-electron chi connectivity index (χ3n) is 3.14. The van der Waals surface area contributed by atoms with Crippen LogP contribution in [0.5, 0.6) is 0 Å². The first-order chi connectivity index (χ1) is 8.47. The van der Waals surface area contributed by atoms with Crippen molar-refractivity contribution in [3.8, 4) is 0 Å². The Hall–Kier alpha value is -1.00. The fraction of sp³-hybridized carbons (Fsp3) is 0.571. The van der Waals surface area contributed by atoms with Crippen molar-refractivity contribution in [2.75, 3.05) is 6.61 Å². The van der Waals surface area contributed by atoms with Crippen molar-refractivity contribution in [3.05, 3.63) is 35.4 Å². The second kappa shape index (κ2) is 6.81.